The van der Waals surface area contributed by atoms with Crippen molar-refractivity contribution in [3.63, 3.8) is 0 Å². The number of carbonyl (C=O) groups excluding carboxylic acids is 1. The van der Waals surface area contributed by atoms with Gasteiger partial charge in [-0.25, -0.2) is 4.79 Å². The van der Waals surface area contributed by atoms with E-state index in [0.29, 0.717) is 6.54 Å². The Kier molecular flexibility index (Phi) is 3.71. The van der Waals surface area contributed by atoms with Crippen molar-refractivity contribution < 1.29 is 4.79 Å². The molecular formula is C10H18N4O. The smallest absolute Gasteiger partial charge is 0.315 e. The van der Waals surface area contributed by atoms with Crippen molar-refractivity contribution in [2.24, 2.45) is 7.05 Å². The highest BCUT2D eigenvalue weighted by atomic mass is 16.2. The molecule has 5 heteroatoms. The van der Waals surface area contributed by atoms with Gasteiger partial charge in [0.25, 0.3) is 0 Å². The molecule has 2 N–H and O–H groups in total. The Morgan fingerprint density at radius 1 is 1.60 bits per heavy atom. The molecule has 0 spiro atoms. The van der Waals surface area contributed by atoms with Crippen LogP contribution in [0.2, 0.25) is 0 Å². The zero-order valence-corrected chi connectivity index (χ0v) is 9.66. The van der Waals surface area contributed by atoms with Gasteiger partial charge in [0.1, 0.15) is 0 Å². The van der Waals surface area contributed by atoms with Gasteiger partial charge in [0.2, 0.25) is 0 Å². The van der Waals surface area contributed by atoms with Crippen molar-refractivity contribution in [3.05, 3.63) is 17.5 Å². The van der Waals surface area contributed by atoms with Crippen molar-refractivity contribution in [2.75, 3.05) is 0 Å². The van der Waals surface area contributed by atoms with E-state index in [1.54, 1.807) is 4.68 Å². The van der Waals surface area contributed by atoms with Crippen LogP contribution in [0.25, 0.3) is 0 Å². The van der Waals surface area contributed by atoms with Gasteiger partial charge in [-0.05, 0) is 20.8 Å². The summed E-state index contributed by atoms with van der Waals surface area (Å²) in [6.07, 6.45) is 1.91. The van der Waals surface area contributed by atoms with Crippen LogP contribution in [0.3, 0.4) is 0 Å². The molecule has 0 atom stereocenters. The number of amides is 2. The molecule has 0 radical (unpaired) electrons. The minimum absolute atomic E-state index is 0.145. The van der Waals surface area contributed by atoms with Gasteiger partial charge in [0, 0.05) is 31.4 Å². The summed E-state index contributed by atoms with van der Waals surface area (Å²) in [6.45, 7) is 6.29. The highest BCUT2D eigenvalue weighted by Gasteiger charge is 2.05. The Labute approximate surface area is 89.9 Å². The standard InChI is InChI=1S/C10H18N4O/c1-7(2)12-10(15)11-5-9-6-14(4)13-8(9)3/h6-7H,5H2,1-4H3,(H2,11,12,15). The highest BCUT2D eigenvalue weighted by Crippen LogP contribution is 2.03. The molecule has 0 aliphatic carbocycles. The van der Waals surface area contributed by atoms with Crippen LogP contribution in [0, 0.1) is 6.92 Å². The second-order valence-electron chi connectivity index (χ2n) is 3.90. The Balaban J connectivity index is 2.43. The zero-order chi connectivity index (χ0) is 11.4. The fourth-order valence-electron chi connectivity index (χ4n) is 1.31. The first-order valence-electron chi connectivity index (χ1n) is 5.02. The Hall–Kier alpha value is -1.52. The van der Waals surface area contributed by atoms with E-state index in [1.165, 1.54) is 0 Å². The summed E-state index contributed by atoms with van der Waals surface area (Å²) in [4.78, 5) is 11.3. The molecule has 0 aliphatic rings. The quantitative estimate of drug-likeness (QED) is 0.780. The maximum atomic E-state index is 11.3. The predicted molar refractivity (Wildman–Crippen MR) is 58.5 cm³/mol. The van der Waals surface area contributed by atoms with E-state index in [2.05, 4.69) is 15.7 Å². The summed E-state index contributed by atoms with van der Waals surface area (Å²) in [5, 5.41) is 9.74. The first-order chi connectivity index (χ1) is 6.99. The van der Waals surface area contributed by atoms with Gasteiger partial charge in [-0.15, -0.1) is 0 Å². The Morgan fingerprint density at radius 3 is 2.73 bits per heavy atom. The maximum Gasteiger partial charge on any atom is 0.315 e. The van der Waals surface area contributed by atoms with Gasteiger partial charge in [-0.2, -0.15) is 5.10 Å². The van der Waals surface area contributed by atoms with Crippen LogP contribution in [-0.2, 0) is 13.6 Å². The number of hydrogen-bond acceptors (Lipinski definition) is 2. The first kappa shape index (κ1) is 11.6. The molecule has 0 aromatic carbocycles. The minimum Gasteiger partial charge on any atom is -0.336 e. The number of rotatable bonds is 3. The summed E-state index contributed by atoms with van der Waals surface area (Å²) in [5.74, 6) is 0. The van der Waals surface area contributed by atoms with Crippen LogP contribution >= 0.6 is 0 Å². The number of hydrogen-bond donors (Lipinski definition) is 2. The molecule has 15 heavy (non-hydrogen) atoms. The maximum absolute atomic E-state index is 11.3. The molecule has 0 aliphatic heterocycles. The number of carbonyl (C=O) groups is 1. The van der Waals surface area contributed by atoms with Crippen LogP contribution < -0.4 is 10.6 Å². The largest absolute Gasteiger partial charge is 0.336 e. The molecule has 2 amide bonds. The summed E-state index contributed by atoms with van der Waals surface area (Å²) in [5.41, 5.74) is 1.98. The van der Waals surface area contributed by atoms with Crippen LogP contribution in [0.15, 0.2) is 6.20 Å². The molecule has 0 unspecified atom stereocenters. The average Bonchev–Trinajstić information content (AvgIpc) is 2.40. The van der Waals surface area contributed by atoms with E-state index >= 15 is 0 Å². The highest BCUT2D eigenvalue weighted by molar-refractivity contribution is 5.74. The molecule has 84 valence electrons. The molecule has 0 saturated heterocycles. The van der Waals surface area contributed by atoms with Crippen molar-refractivity contribution in [1.82, 2.24) is 20.4 Å². The van der Waals surface area contributed by atoms with Gasteiger partial charge >= 0.3 is 6.03 Å². The second kappa shape index (κ2) is 4.82. The number of urea groups is 1. The topological polar surface area (TPSA) is 59.0 Å². The van der Waals surface area contributed by atoms with E-state index in [-0.39, 0.29) is 12.1 Å². The lowest BCUT2D eigenvalue weighted by Gasteiger charge is -2.09. The van der Waals surface area contributed by atoms with Crippen LogP contribution in [0.1, 0.15) is 25.1 Å². The Bertz CT molecular complexity index is 343. The van der Waals surface area contributed by atoms with Crippen molar-refractivity contribution in [2.45, 2.75) is 33.4 Å². The monoisotopic (exact) mass is 210 g/mol. The SMILES string of the molecule is Cc1nn(C)cc1CNC(=O)NC(C)C. The van der Waals surface area contributed by atoms with Gasteiger partial charge < -0.3 is 10.6 Å². The lowest BCUT2D eigenvalue weighted by atomic mass is 10.3. The van der Waals surface area contributed by atoms with Gasteiger partial charge in [-0.3, -0.25) is 4.68 Å². The second-order valence-corrected chi connectivity index (χ2v) is 3.90. The number of aryl methyl sites for hydroxylation is 2. The lowest BCUT2D eigenvalue weighted by Crippen LogP contribution is -2.39. The summed E-state index contributed by atoms with van der Waals surface area (Å²) in [7, 11) is 1.87. The number of aromatic nitrogens is 2. The zero-order valence-electron chi connectivity index (χ0n) is 9.66. The van der Waals surface area contributed by atoms with Gasteiger partial charge in [-0.1, -0.05) is 0 Å². The van der Waals surface area contributed by atoms with E-state index in [9.17, 15) is 4.79 Å². The Morgan fingerprint density at radius 2 is 2.27 bits per heavy atom. The molecule has 1 heterocycles. The van der Waals surface area contributed by atoms with Gasteiger partial charge in [0.15, 0.2) is 0 Å². The van der Waals surface area contributed by atoms with Gasteiger partial charge in [0.05, 0.1) is 5.69 Å². The normalized spacial score (nSPS) is 10.5. The van der Waals surface area contributed by atoms with Crippen molar-refractivity contribution in [1.29, 1.82) is 0 Å². The summed E-state index contributed by atoms with van der Waals surface area (Å²) >= 11 is 0. The van der Waals surface area contributed by atoms with Crippen molar-refractivity contribution in [3.8, 4) is 0 Å². The fraction of sp³-hybridized carbons (Fsp3) is 0.600. The van der Waals surface area contributed by atoms with Crippen LogP contribution in [0.5, 0.6) is 0 Å². The van der Waals surface area contributed by atoms with Crippen LogP contribution in [0.4, 0.5) is 4.79 Å². The van der Waals surface area contributed by atoms with Crippen LogP contribution in [-0.4, -0.2) is 21.9 Å². The molecule has 0 saturated carbocycles. The average molecular weight is 210 g/mol. The fourth-order valence-corrected chi connectivity index (χ4v) is 1.31. The summed E-state index contributed by atoms with van der Waals surface area (Å²) in [6, 6.07) is 0.00764. The van der Waals surface area contributed by atoms with E-state index in [4.69, 9.17) is 0 Å². The third-order valence-corrected chi connectivity index (χ3v) is 1.97. The third-order valence-electron chi connectivity index (χ3n) is 1.97. The lowest BCUT2D eigenvalue weighted by molar-refractivity contribution is 0.238. The molecule has 1 aromatic heterocycles. The molecule has 5 nitrogen and oxygen atoms in total. The summed E-state index contributed by atoms with van der Waals surface area (Å²) < 4.78 is 1.74. The van der Waals surface area contributed by atoms with E-state index < -0.39 is 0 Å². The molecule has 0 fully saturated rings. The predicted octanol–water partition coefficient (Wildman–Crippen LogP) is 0.936. The van der Waals surface area contributed by atoms with Crippen molar-refractivity contribution >= 4 is 6.03 Å². The number of nitrogens with zero attached hydrogens (tertiary/aromatic N) is 2. The molecule has 0 bridgehead atoms. The molecule has 1 aromatic rings. The molecule has 1 rings (SSSR count). The third kappa shape index (κ3) is 3.61. The minimum atomic E-state index is -0.145. The van der Waals surface area contributed by atoms with E-state index in [1.807, 2.05) is 34.0 Å². The number of nitrogens with one attached hydrogen (secondary N) is 2. The first-order valence-corrected chi connectivity index (χ1v) is 5.02. The van der Waals surface area contributed by atoms with E-state index in [0.717, 1.165) is 11.3 Å². The molecular weight excluding hydrogens is 192 g/mol.